The van der Waals surface area contributed by atoms with Crippen LogP contribution in [0.1, 0.15) is 15.9 Å². The van der Waals surface area contributed by atoms with Gasteiger partial charge in [0, 0.05) is 22.2 Å². The Balaban J connectivity index is 1.75. The van der Waals surface area contributed by atoms with Gasteiger partial charge in [0.15, 0.2) is 22.8 Å². The second kappa shape index (κ2) is 5.34. The van der Waals surface area contributed by atoms with E-state index in [2.05, 4.69) is 5.16 Å². The number of ketones is 1. The Bertz CT molecular complexity index is 1190. The first kappa shape index (κ1) is 15.0. The van der Waals surface area contributed by atoms with Crippen LogP contribution >= 0.6 is 11.6 Å². The fourth-order valence-corrected chi connectivity index (χ4v) is 3.34. The zero-order valence-corrected chi connectivity index (χ0v) is 13.9. The van der Waals surface area contributed by atoms with Crippen molar-refractivity contribution >= 4 is 28.3 Å². The maximum absolute atomic E-state index is 12.8. The van der Waals surface area contributed by atoms with Gasteiger partial charge < -0.3 is 14.4 Å². The first-order valence-corrected chi connectivity index (χ1v) is 8.24. The van der Waals surface area contributed by atoms with Crippen LogP contribution in [0, 0.1) is 0 Å². The summed E-state index contributed by atoms with van der Waals surface area (Å²) in [5, 5.41) is 15.6. The van der Waals surface area contributed by atoms with Crippen molar-refractivity contribution in [3.8, 4) is 28.6 Å². The highest BCUT2D eigenvalue weighted by atomic mass is 35.5. The van der Waals surface area contributed by atoms with E-state index in [1.54, 1.807) is 42.5 Å². The fraction of sp³-hybridized carbons (Fsp3) is 0. The molecule has 6 heteroatoms. The molecule has 0 spiro atoms. The summed E-state index contributed by atoms with van der Waals surface area (Å²) in [4.78, 5) is 12.8. The number of ether oxygens (including phenoxy) is 1. The number of aromatic hydroxyl groups is 1. The molecule has 1 N–H and O–H groups in total. The third-order valence-electron chi connectivity index (χ3n) is 4.38. The van der Waals surface area contributed by atoms with Crippen molar-refractivity contribution in [3.63, 3.8) is 0 Å². The molecule has 3 aromatic carbocycles. The summed E-state index contributed by atoms with van der Waals surface area (Å²) in [5.41, 5.74) is 1.68. The van der Waals surface area contributed by atoms with Crippen LogP contribution in [0.15, 0.2) is 59.1 Å². The van der Waals surface area contributed by atoms with Gasteiger partial charge in [0.05, 0.1) is 10.9 Å². The van der Waals surface area contributed by atoms with Crippen LogP contribution < -0.4 is 4.74 Å². The number of phenolic OH excluding ortho intramolecular Hbond substituents is 1. The maximum Gasteiger partial charge on any atom is 0.198 e. The summed E-state index contributed by atoms with van der Waals surface area (Å²) in [7, 11) is 0. The van der Waals surface area contributed by atoms with Crippen LogP contribution in [0.3, 0.4) is 0 Å². The van der Waals surface area contributed by atoms with Gasteiger partial charge in [0.2, 0.25) is 0 Å². The lowest BCUT2D eigenvalue weighted by Gasteiger charge is -2.16. The molecule has 1 aliphatic rings. The number of halogens is 1. The van der Waals surface area contributed by atoms with Crippen LogP contribution in [0.4, 0.5) is 0 Å². The quantitative estimate of drug-likeness (QED) is 0.467. The average molecular weight is 364 g/mol. The summed E-state index contributed by atoms with van der Waals surface area (Å²) in [6.07, 6.45) is 0. The molecule has 126 valence electrons. The van der Waals surface area contributed by atoms with Crippen LogP contribution in [0.2, 0.25) is 5.02 Å². The van der Waals surface area contributed by atoms with E-state index in [1.807, 2.05) is 6.07 Å². The van der Waals surface area contributed by atoms with Crippen molar-refractivity contribution in [2.45, 2.75) is 0 Å². The molecule has 1 aromatic heterocycles. The van der Waals surface area contributed by atoms with Crippen LogP contribution in [0.5, 0.6) is 17.2 Å². The van der Waals surface area contributed by atoms with Gasteiger partial charge in [0.1, 0.15) is 11.5 Å². The molecule has 1 heterocycles. The standard InChI is InChI=1S/C20H10ClNO4/c21-10-5-7-11(8-6-10)25-15-9-14(23)16-17-18(15)22-26-20(17)13-4-2-1-3-12(13)19(16)24/h1-9,23H. The van der Waals surface area contributed by atoms with Crippen molar-refractivity contribution in [1.29, 1.82) is 0 Å². The van der Waals surface area contributed by atoms with E-state index in [-0.39, 0.29) is 17.1 Å². The molecule has 0 atom stereocenters. The highest BCUT2D eigenvalue weighted by Crippen LogP contribution is 2.46. The molecule has 5 rings (SSSR count). The number of hydrogen-bond acceptors (Lipinski definition) is 5. The van der Waals surface area contributed by atoms with Crippen molar-refractivity contribution in [1.82, 2.24) is 5.16 Å². The summed E-state index contributed by atoms with van der Waals surface area (Å²) in [6.45, 7) is 0. The minimum atomic E-state index is -0.267. The number of carbonyl (C=O) groups excluding carboxylic acids is 1. The SMILES string of the molecule is O=C1c2ccccc2-c2onc3c(Oc4ccc(Cl)cc4)cc(O)c1c23. The first-order valence-electron chi connectivity index (χ1n) is 7.86. The molecule has 5 nitrogen and oxygen atoms in total. The molecule has 1 aliphatic carbocycles. The van der Waals surface area contributed by atoms with Gasteiger partial charge in [-0.05, 0) is 24.3 Å². The van der Waals surface area contributed by atoms with Gasteiger partial charge in [-0.3, -0.25) is 4.79 Å². The van der Waals surface area contributed by atoms with Crippen molar-refractivity contribution in [2.75, 3.05) is 0 Å². The van der Waals surface area contributed by atoms with Crippen LogP contribution in [0.25, 0.3) is 22.2 Å². The Kier molecular flexibility index (Phi) is 3.08. The predicted molar refractivity (Wildman–Crippen MR) is 96.1 cm³/mol. The van der Waals surface area contributed by atoms with Crippen molar-refractivity contribution < 1.29 is 19.2 Å². The smallest absolute Gasteiger partial charge is 0.198 e. The Morgan fingerprint density at radius 2 is 1.77 bits per heavy atom. The molecule has 0 saturated heterocycles. The van der Waals surface area contributed by atoms with E-state index in [1.165, 1.54) is 6.07 Å². The van der Waals surface area contributed by atoms with Gasteiger partial charge >= 0.3 is 0 Å². The molecule has 0 bridgehead atoms. The van der Waals surface area contributed by atoms with Gasteiger partial charge in [-0.2, -0.15) is 0 Å². The van der Waals surface area contributed by atoms with Crippen LogP contribution in [-0.2, 0) is 0 Å². The minimum absolute atomic E-state index is 0.176. The summed E-state index contributed by atoms with van der Waals surface area (Å²) >= 11 is 5.89. The van der Waals surface area contributed by atoms with E-state index < -0.39 is 0 Å². The van der Waals surface area contributed by atoms with E-state index in [0.717, 1.165) is 0 Å². The number of rotatable bonds is 2. The molecule has 0 radical (unpaired) electrons. The molecule has 0 aliphatic heterocycles. The lowest BCUT2D eigenvalue weighted by molar-refractivity contribution is 0.103. The molecule has 0 fully saturated rings. The van der Waals surface area contributed by atoms with Gasteiger partial charge in [-0.25, -0.2) is 0 Å². The molecule has 26 heavy (non-hydrogen) atoms. The number of nitrogens with zero attached hydrogens (tertiary/aromatic N) is 1. The van der Waals surface area contributed by atoms with Crippen LogP contribution in [-0.4, -0.2) is 16.0 Å². The summed E-state index contributed by atoms with van der Waals surface area (Å²) < 4.78 is 11.3. The number of aromatic nitrogens is 1. The van der Waals surface area contributed by atoms with E-state index in [4.69, 9.17) is 20.9 Å². The van der Waals surface area contributed by atoms with Gasteiger partial charge in [-0.15, -0.1) is 0 Å². The Morgan fingerprint density at radius 3 is 2.54 bits per heavy atom. The van der Waals surface area contributed by atoms with E-state index >= 15 is 0 Å². The molecule has 4 aromatic rings. The second-order valence-electron chi connectivity index (χ2n) is 5.93. The summed E-state index contributed by atoms with van der Waals surface area (Å²) in [6, 6.07) is 15.2. The van der Waals surface area contributed by atoms with E-state index in [0.29, 0.717) is 44.3 Å². The lowest BCUT2D eigenvalue weighted by atomic mass is 9.87. The zero-order chi connectivity index (χ0) is 17.8. The Morgan fingerprint density at radius 1 is 1.04 bits per heavy atom. The third kappa shape index (κ3) is 2.04. The highest BCUT2D eigenvalue weighted by Gasteiger charge is 2.33. The monoisotopic (exact) mass is 363 g/mol. The summed E-state index contributed by atoms with van der Waals surface area (Å²) in [5.74, 6) is 0.825. The topological polar surface area (TPSA) is 72.6 Å². The van der Waals surface area contributed by atoms with Gasteiger partial charge in [0.25, 0.3) is 0 Å². The molecule has 0 unspecified atom stereocenters. The fourth-order valence-electron chi connectivity index (χ4n) is 3.22. The second-order valence-corrected chi connectivity index (χ2v) is 6.37. The molecule has 0 amide bonds. The number of fused-ring (bicyclic) bond motifs is 2. The van der Waals surface area contributed by atoms with Gasteiger partial charge in [-0.1, -0.05) is 41.0 Å². The number of carbonyl (C=O) groups is 1. The average Bonchev–Trinajstić information content (AvgIpc) is 3.08. The number of hydrogen-bond donors (Lipinski definition) is 1. The number of phenols is 1. The van der Waals surface area contributed by atoms with Crippen molar-refractivity contribution in [3.05, 3.63) is 70.7 Å². The first-order chi connectivity index (χ1) is 12.6. The largest absolute Gasteiger partial charge is 0.507 e. The molecular weight excluding hydrogens is 354 g/mol. The Labute approximate surface area is 152 Å². The maximum atomic E-state index is 12.8. The third-order valence-corrected chi connectivity index (χ3v) is 4.64. The molecule has 0 saturated carbocycles. The van der Waals surface area contributed by atoms with Crippen molar-refractivity contribution in [2.24, 2.45) is 0 Å². The zero-order valence-electron chi connectivity index (χ0n) is 13.2. The molecular formula is C20H10ClNO4. The Hall–Kier alpha value is -3.31. The number of benzene rings is 3. The minimum Gasteiger partial charge on any atom is -0.507 e. The lowest BCUT2D eigenvalue weighted by Crippen LogP contribution is -2.09. The highest BCUT2D eigenvalue weighted by molar-refractivity contribution is 6.30. The van der Waals surface area contributed by atoms with E-state index in [9.17, 15) is 9.90 Å². The normalized spacial score (nSPS) is 12.3. The predicted octanol–water partition coefficient (Wildman–Crippen LogP) is 5.19.